The Kier molecular flexibility index (Phi) is 4.45. The normalized spacial score (nSPS) is 17.5. The summed E-state index contributed by atoms with van der Waals surface area (Å²) in [4.78, 5) is 22.7. The molecule has 1 saturated heterocycles. The maximum absolute atomic E-state index is 11.3. The van der Waals surface area contributed by atoms with Crippen LogP contribution in [0.5, 0.6) is 0 Å². The van der Waals surface area contributed by atoms with Gasteiger partial charge in [-0.15, -0.1) is 0 Å². The molecule has 5 heteroatoms. The van der Waals surface area contributed by atoms with Gasteiger partial charge in [-0.2, -0.15) is 0 Å². The topological polar surface area (TPSA) is 65.1 Å². The number of carbonyl (C=O) groups is 2. The summed E-state index contributed by atoms with van der Waals surface area (Å²) in [6.07, 6.45) is -0.635. The van der Waals surface area contributed by atoms with Crippen LogP contribution in [-0.2, 0) is 23.8 Å². The van der Waals surface area contributed by atoms with Crippen molar-refractivity contribution in [3.05, 3.63) is 24.3 Å². The third kappa shape index (κ3) is 4.82. The molecule has 1 heterocycles. The van der Waals surface area contributed by atoms with Crippen LogP contribution in [0.1, 0.15) is 20.3 Å². The molecule has 1 aliphatic rings. The predicted molar refractivity (Wildman–Crippen MR) is 60.0 cm³/mol. The molecule has 0 radical (unpaired) electrons. The minimum Gasteiger partial charge on any atom is -0.422 e. The van der Waals surface area contributed by atoms with Gasteiger partial charge < -0.3 is 14.2 Å². The fraction of sp³-hybridized carbons (Fsp3) is 0.500. The van der Waals surface area contributed by atoms with Crippen LogP contribution in [0, 0.1) is 0 Å². The van der Waals surface area contributed by atoms with E-state index in [4.69, 9.17) is 14.2 Å². The number of esters is 2. The number of carbonyl (C=O) groups excluding carboxylic acids is 2. The number of rotatable bonds is 6. The lowest BCUT2D eigenvalue weighted by Gasteiger charge is -2.17. The Morgan fingerprint density at radius 3 is 1.94 bits per heavy atom. The van der Waals surface area contributed by atoms with Gasteiger partial charge in [0, 0.05) is 11.1 Å². The van der Waals surface area contributed by atoms with Crippen LogP contribution >= 0.6 is 0 Å². The van der Waals surface area contributed by atoms with Crippen molar-refractivity contribution in [3.63, 3.8) is 0 Å². The lowest BCUT2D eigenvalue weighted by Crippen LogP contribution is -2.26. The van der Waals surface area contributed by atoms with Gasteiger partial charge in [0.05, 0.1) is 19.1 Å². The number of ether oxygens (including phenoxy) is 3. The molecule has 5 nitrogen and oxygen atoms in total. The van der Waals surface area contributed by atoms with E-state index >= 15 is 0 Å². The van der Waals surface area contributed by atoms with E-state index in [1.165, 1.54) is 13.8 Å². The van der Waals surface area contributed by atoms with Crippen molar-refractivity contribution in [3.8, 4) is 0 Å². The Balaban J connectivity index is 2.52. The maximum Gasteiger partial charge on any atom is 0.336 e. The van der Waals surface area contributed by atoms with E-state index in [1.807, 2.05) is 0 Å². The first-order chi connectivity index (χ1) is 7.90. The Bertz CT molecular complexity index is 326. The summed E-state index contributed by atoms with van der Waals surface area (Å²) in [6, 6.07) is 0. The van der Waals surface area contributed by atoms with Crippen LogP contribution in [0.15, 0.2) is 24.3 Å². The molecular weight excluding hydrogens is 224 g/mol. The zero-order valence-corrected chi connectivity index (χ0v) is 10.0. The van der Waals surface area contributed by atoms with E-state index in [0.717, 1.165) is 0 Å². The maximum atomic E-state index is 11.3. The largest absolute Gasteiger partial charge is 0.422 e. The summed E-state index contributed by atoms with van der Waals surface area (Å²) >= 11 is 0. The highest BCUT2D eigenvalue weighted by molar-refractivity contribution is 5.88. The minimum atomic E-state index is -0.948. The minimum absolute atomic E-state index is 0.0177. The Morgan fingerprint density at radius 1 is 1.24 bits per heavy atom. The standard InChI is InChI=1S/C12H16O5/c1-7(2)11(13)16-10(5-9-6-15-9)17-12(14)8(3)4/h9-10H,1,3,5-6H2,2,4H3. The number of hydrogen-bond donors (Lipinski definition) is 0. The van der Waals surface area contributed by atoms with Crippen molar-refractivity contribution >= 4 is 11.9 Å². The van der Waals surface area contributed by atoms with Crippen molar-refractivity contribution in [2.24, 2.45) is 0 Å². The summed E-state index contributed by atoms with van der Waals surface area (Å²) < 4.78 is 15.0. The molecule has 0 amide bonds. The van der Waals surface area contributed by atoms with Gasteiger partial charge in [0.1, 0.15) is 0 Å². The van der Waals surface area contributed by atoms with E-state index in [1.54, 1.807) is 0 Å². The monoisotopic (exact) mass is 240 g/mol. The molecule has 0 aromatic rings. The first-order valence-corrected chi connectivity index (χ1v) is 5.24. The molecule has 1 fully saturated rings. The average molecular weight is 240 g/mol. The molecule has 0 bridgehead atoms. The van der Waals surface area contributed by atoms with Crippen LogP contribution in [0.25, 0.3) is 0 Å². The third-order valence-electron chi connectivity index (χ3n) is 2.03. The van der Waals surface area contributed by atoms with Crippen LogP contribution in [-0.4, -0.2) is 30.9 Å². The van der Waals surface area contributed by atoms with E-state index in [2.05, 4.69) is 13.2 Å². The van der Waals surface area contributed by atoms with Gasteiger partial charge in [0.25, 0.3) is 6.29 Å². The average Bonchev–Trinajstić information content (AvgIpc) is 3.00. The van der Waals surface area contributed by atoms with E-state index in [0.29, 0.717) is 13.0 Å². The molecule has 1 rings (SSSR count). The molecule has 1 atom stereocenters. The third-order valence-corrected chi connectivity index (χ3v) is 2.03. The lowest BCUT2D eigenvalue weighted by molar-refractivity contribution is -0.183. The summed E-state index contributed by atoms with van der Waals surface area (Å²) in [5.41, 5.74) is 0.496. The zero-order valence-electron chi connectivity index (χ0n) is 10.0. The fourth-order valence-corrected chi connectivity index (χ4v) is 0.979. The lowest BCUT2D eigenvalue weighted by atomic mass is 10.3. The highest BCUT2D eigenvalue weighted by Gasteiger charge is 2.31. The first-order valence-electron chi connectivity index (χ1n) is 5.24. The van der Waals surface area contributed by atoms with Crippen molar-refractivity contribution in [1.29, 1.82) is 0 Å². The van der Waals surface area contributed by atoms with Crippen molar-refractivity contribution < 1.29 is 23.8 Å². The highest BCUT2D eigenvalue weighted by atomic mass is 16.7. The van der Waals surface area contributed by atoms with Gasteiger partial charge in [-0.25, -0.2) is 9.59 Å². The fourth-order valence-electron chi connectivity index (χ4n) is 0.979. The Hall–Kier alpha value is -1.62. The molecule has 1 unspecified atom stereocenters. The summed E-state index contributed by atoms with van der Waals surface area (Å²) in [6.45, 7) is 10.5. The van der Waals surface area contributed by atoms with Crippen LogP contribution in [0.3, 0.4) is 0 Å². The molecular formula is C12H16O5. The first kappa shape index (κ1) is 13.4. The second kappa shape index (κ2) is 5.63. The van der Waals surface area contributed by atoms with Crippen molar-refractivity contribution in [2.75, 3.05) is 6.61 Å². The quantitative estimate of drug-likeness (QED) is 0.303. The van der Waals surface area contributed by atoms with Gasteiger partial charge in [-0.1, -0.05) is 13.2 Å². The van der Waals surface area contributed by atoms with Gasteiger partial charge in [-0.3, -0.25) is 0 Å². The predicted octanol–water partition coefficient (Wildman–Crippen LogP) is 1.34. The Labute approximate surface area is 100 Å². The van der Waals surface area contributed by atoms with E-state index in [9.17, 15) is 9.59 Å². The summed E-state index contributed by atoms with van der Waals surface area (Å²) in [5, 5.41) is 0. The number of hydrogen-bond acceptors (Lipinski definition) is 5. The van der Waals surface area contributed by atoms with Gasteiger partial charge in [-0.05, 0) is 13.8 Å². The van der Waals surface area contributed by atoms with E-state index in [-0.39, 0.29) is 17.3 Å². The van der Waals surface area contributed by atoms with Crippen LogP contribution < -0.4 is 0 Å². The number of epoxide rings is 1. The van der Waals surface area contributed by atoms with Gasteiger partial charge in [0.2, 0.25) is 0 Å². The van der Waals surface area contributed by atoms with E-state index < -0.39 is 18.2 Å². The molecule has 0 spiro atoms. The smallest absolute Gasteiger partial charge is 0.336 e. The second-order valence-electron chi connectivity index (χ2n) is 3.99. The Morgan fingerprint density at radius 2 is 1.65 bits per heavy atom. The molecule has 17 heavy (non-hydrogen) atoms. The van der Waals surface area contributed by atoms with Crippen molar-refractivity contribution in [2.45, 2.75) is 32.7 Å². The molecule has 94 valence electrons. The van der Waals surface area contributed by atoms with Gasteiger partial charge in [0.15, 0.2) is 0 Å². The molecule has 0 aromatic carbocycles. The second-order valence-corrected chi connectivity index (χ2v) is 3.99. The summed E-state index contributed by atoms with van der Waals surface area (Å²) in [5.74, 6) is -1.18. The molecule has 1 aliphatic heterocycles. The van der Waals surface area contributed by atoms with Crippen LogP contribution in [0.4, 0.5) is 0 Å². The van der Waals surface area contributed by atoms with Crippen molar-refractivity contribution in [1.82, 2.24) is 0 Å². The molecule has 0 saturated carbocycles. The molecule has 0 aliphatic carbocycles. The SMILES string of the molecule is C=C(C)C(=O)OC(CC1CO1)OC(=O)C(=C)C. The highest BCUT2D eigenvalue weighted by Crippen LogP contribution is 2.19. The van der Waals surface area contributed by atoms with Crippen LogP contribution in [0.2, 0.25) is 0 Å². The molecule has 0 N–H and O–H groups in total. The zero-order chi connectivity index (χ0) is 13.0. The van der Waals surface area contributed by atoms with Gasteiger partial charge >= 0.3 is 11.9 Å². The molecule has 0 aromatic heterocycles. The summed E-state index contributed by atoms with van der Waals surface area (Å²) in [7, 11) is 0.